The average Bonchev–Trinajstić information content (AvgIpc) is 3.26. The number of halogens is 4. The number of ether oxygens (including phenoxy) is 1. The van der Waals surface area contributed by atoms with E-state index >= 15 is 0 Å². The Morgan fingerprint density at radius 1 is 1.26 bits per heavy atom. The van der Waals surface area contributed by atoms with Crippen molar-refractivity contribution in [1.29, 1.82) is 0 Å². The van der Waals surface area contributed by atoms with Crippen LogP contribution >= 0.6 is 11.6 Å². The van der Waals surface area contributed by atoms with Gasteiger partial charge in [-0.3, -0.25) is 9.48 Å². The van der Waals surface area contributed by atoms with Gasteiger partial charge in [0, 0.05) is 28.6 Å². The molecule has 3 rings (SSSR count). The quantitative estimate of drug-likeness (QED) is 0.326. The summed E-state index contributed by atoms with van der Waals surface area (Å²) in [6.45, 7) is 5.30. The van der Waals surface area contributed by atoms with E-state index in [1.807, 2.05) is 6.92 Å². The summed E-state index contributed by atoms with van der Waals surface area (Å²) in [5.41, 5.74) is 7.97. The molecule has 12 heteroatoms. The second-order valence-corrected chi connectivity index (χ2v) is 9.33. The molecule has 3 N–H and O–H groups in total. The Balaban J connectivity index is 2.18. The maximum atomic E-state index is 12.9. The second kappa shape index (κ2) is 12.0. The number of benzene rings is 1. The molecule has 2 aromatic heterocycles. The SMILES string of the molecule is CCC[C@@H](O)COc1ccc(Cl)c(-c2nc(C(C(C)=O)=C(C)N)c(C)c(-c3cnn(CC(F)(F)F)c3)n2)c1. The number of aliphatic hydroxyl groups is 1. The second-order valence-electron chi connectivity index (χ2n) is 8.92. The molecule has 38 heavy (non-hydrogen) atoms. The van der Waals surface area contributed by atoms with Crippen molar-refractivity contribution in [3.8, 4) is 28.4 Å². The molecule has 0 unspecified atom stereocenters. The number of carbonyl (C=O) groups is 1. The molecular weight excluding hydrogens is 523 g/mol. The molecule has 2 heterocycles. The van der Waals surface area contributed by atoms with Crippen LogP contribution in [0.3, 0.4) is 0 Å². The number of carbonyl (C=O) groups excluding carboxylic acids is 1. The summed E-state index contributed by atoms with van der Waals surface area (Å²) in [6, 6.07) is 4.81. The predicted octanol–water partition coefficient (Wildman–Crippen LogP) is 5.35. The van der Waals surface area contributed by atoms with E-state index in [-0.39, 0.29) is 45.9 Å². The third-order valence-corrected chi connectivity index (χ3v) is 5.95. The summed E-state index contributed by atoms with van der Waals surface area (Å²) in [6.07, 6.45) is -1.24. The lowest BCUT2D eigenvalue weighted by Crippen LogP contribution is -2.17. The van der Waals surface area contributed by atoms with Gasteiger partial charge in [0.15, 0.2) is 11.6 Å². The highest BCUT2D eigenvalue weighted by molar-refractivity contribution is 6.33. The normalized spacial score (nSPS) is 13.3. The zero-order valence-electron chi connectivity index (χ0n) is 21.4. The van der Waals surface area contributed by atoms with Gasteiger partial charge in [0.25, 0.3) is 0 Å². The van der Waals surface area contributed by atoms with Gasteiger partial charge in [-0.2, -0.15) is 18.3 Å². The Morgan fingerprint density at radius 2 is 1.97 bits per heavy atom. The molecular formula is C26H29ClF3N5O3. The molecule has 204 valence electrons. The van der Waals surface area contributed by atoms with Crippen molar-refractivity contribution < 1.29 is 27.8 Å². The van der Waals surface area contributed by atoms with E-state index in [4.69, 9.17) is 22.1 Å². The van der Waals surface area contributed by atoms with Crippen LogP contribution in [0.2, 0.25) is 5.02 Å². The van der Waals surface area contributed by atoms with Gasteiger partial charge in [0.05, 0.1) is 34.3 Å². The number of rotatable bonds is 10. The minimum absolute atomic E-state index is 0.0716. The topological polar surface area (TPSA) is 116 Å². The van der Waals surface area contributed by atoms with Crippen molar-refractivity contribution in [2.24, 2.45) is 5.73 Å². The Kier molecular flexibility index (Phi) is 9.16. The third-order valence-electron chi connectivity index (χ3n) is 5.62. The zero-order chi connectivity index (χ0) is 28.2. The molecule has 0 bridgehead atoms. The first-order valence-corrected chi connectivity index (χ1v) is 12.2. The Hall–Kier alpha value is -3.44. The number of hydrogen-bond acceptors (Lipinski definition) is 7. The van der Waals surface area contributed by atoms with Gasteiger partial charge in [0.1, 0.15) is 18.9 Å². The molecule has 8 nitrogen and oxygen atoms in total. The summed E-state index contributed by atoms with van der Waals surface area (Å²) >= 11 is 6.49. The van der Waals surface area contributed by atoms with Crippen LogP contribution in [-0.4, -0.2) is 49.5 Å². The summed E-state index contributed by atoms with van der Waals surface area (Å²) < 4.78 is 45.2. The van der Waals surface area contributed by atoms with E-state index in [0.717, 1.165) is 11.1 Å². The molecule has 0 amide bonds. The van der Waals surface area contributed by atoms with Gasteiger partial charge >= 0.3 is 6.18 Å². The standard InChI is InChI=1S/C26H29ClF3N5O3/c1-5-6-18(37)12-38-19-7-8-21(27)20(9-19)25-33-23(17-10-32-35(11-17)13-26(28,29)30)14(2)24(34-25)22(15(3)31)16(4)36/h7-11,18,37H,5-6,12-13,31H2,1-4H3/t18-/m1/s1. The molecule has 0 fully saturated rings. The molecule has 0 aliphatic heterocycles. The van der Waals surface area contributed by atoms with Crippen LogP contribution in [0.25, 0.3) is 28.2 Å². The first kappa shape index (κ1) is 29.1. The predicted molar refractivity (Wildman–Crippen MR) is 138 cm³/mol. The van der Waals surface area contributed by atoms with Crippen LogP contribution in [0.15, 0.2) is 36.3 Å². The van der Waals surface area contributed by atoms with Crippen LogP contribution in [0.4, 0.5) is 13.2 Å². The molecule has 0 aliphatic rings. The first-order valence-electron chi connectivity index (χ1n) is 11.9. The Labute approximate surface area is 223 Å². The van der Waals surface area contributed by atoms with Crippen molar-refractivity contribution >= 4 is 23.0 Å². The average molecular weight is 552 g/mol. The molecule has 0 saturated carbocycles. The van der Waals surface area contributed by atoms with Crippen LogP contribution in [0.5, 0.6) is 5.75 Å². The van der Waals surface area contributed by atoms with E-state index in [2.05, 4.69) is 15.1 Å². The van der Waals surface area contributed by atoms with E-state index < -0.39 is 18.8 Å². The van der Waals surface area contributed by atoms with Crippen molar-refractivity contribution in [2.45, 2.75) is 59.4 Å². The van der Waals surface area contributed by atoms with Gasteiger partial charge in [-0.05, 0) is 45.4 Å². The maximum Gasteiger partial charge on any atom is 0.408 e. The zero-order valence-corrected chi connectivity index (χ0v) is 22.2. The number of aromatic nitrogens is 4. The molecule has 0 saturated heterocycles. The van der Waals surface area contributed by atoms with Crippen molar-refractivity contribution in [3.63, 3.8) is 0 Å². The lowest BCUT2D eigenvalue weighted by atomic mass is 9.98. The fraction of sp³-hybridized carbons (Fsp3) is 0.385. The van der Waals surface area contributed by atoms with Crippen molar-refractivity contribution in [2.75, 3.05) is 6.61 Å². The van der Waals surface area contributed by atoms with E-state index in [9.17, 15) is 23.1 Å². The monoisotopic (exact) mass is 551 g/mol. The smallest absolute Gasteiger partial charge is 0.408 e. The fourth-order valence-electron chi connectivity index (χ4n) is 3.92. The molecule has 0 radical (unpaired) electrons. The van der Waals surface area contributed by atoms with Gasteiger partial charge < -0.3 is 15.6 Å². The minimum Gasteiger partial charge on any atom is -0.491 e. The maximum absolute atomic E-state index is 12.9. The minimum atomic E-state index is -4.46. The molecule has 0 spiro atoms. The summed E-state index contributed by atoms with van der Waals surface area (Å²) in [5, 5.41) is 14.1. The van der Waals surface area contributed by atoms with Crippen LogP contribution in [-0.2, 0) is 11.3 Å². The van der Waals surface area contributed by atoms with E-state index in [1.54, 1.807) is 32.0 Å². The molecule has 3 aromatic rings. The summed E-state index contributed by atoms with van der Waals surface area (Å²) in [5.74, 6) is 0.167. The fourth-order valence-corrected chi connectivity index (χ4v) is 4.13. The Bertz CT molecular complexity index is 1350. The molecule has 1 atom stereocenters. The summed E-state index contributed by atoms with van der Waals surface area (Å²) in [7, 11) is 0. The lowest BCUT2D eigenvalue weighted by Gasteiger charge is -2.16. The molecule has 1 aromatic carbocycles. The van der Waals surface area contributed by atoms with Gasteiger partial charge in [-0.25, -0.2) is 9.97 Å². The number of hydrogen-bond donors (Lipinski definition) is 2. The first-order chi connectivity index (χ1) is 17.8. The largest absolute Gasteiger partial charge is 0.491 e. The number of ketones is 1. The van der Waals surface area contributed by atoms with Crippen LogP contribution in [0.1, 0.15) is 44.9 Å². The number of Topliss-reactive ketones (excluding diaryl/α,β-unsaturated/α-hetero) is 1. The van der Waals surface area contributed by atoms with Crippen molar-refractivity contribution in [3.05, 3.63) is 52.6 Å². The number of allylic oxidation sites excluding steroid dienone is 2. The number of nitrogens with two attached hydrogens (primary N) is 1. The number of nitrogens with zero attached hydrogens (tertiary/aromatic N) is 4. The highest BCUT2D eigenvalue weighted by Crippen LogP contribution is 2.35. The van der Waals surface area contributed by atoms with Gasteiger partial charge in [-0.1, -0.05) is 24.9 Å². The van der Waals surface area contributed by atoms with Crippen molar-refractivity contribution in [1.82, 2.24) is 19.7 Å². The van der Waals surface area contributed by atoms with Gasteiger partial charge in [0.2, 0.25) is 0 Å². The van der Waals surface area contributed by atoms with Crippen LogP contribution < -0.4 is 10.5 Å². The summed E-state index contributed by atoms with van der Waals surface area (Å²) in [4.78, 5) is 21.7. The number of aliphatic hydroxyl groups excluding tert-OH is 1. The number of alkyl halides is 3. The van der Waals surface area contributed by atoms with Crippen LogP contribution in [0, 0.1) is 6.92 Å². The van der Waals surface area contributed by atoms with E-state index in [0.29, 0.717) is 28.9 Å². The highest BCUT2D eigenvalue weighted by atomic mass is 35.5. The molecule has 0 aliphatic carbocycles. The van der Waals surface area contributed by atoms with Gasteiger partial charge in [-0.15, -0.1) is 0 Å². The van der Waals surface area contributed by atoms with E-state index in [1.165, 1.54) is 19.3 Å². The Morgan fingerprint density at radius 3 is 2.58 bits per heavy atom. The highest BCUT2D eigenvalue weighted by Gasteiger charge is 2.29. The lowest BCUT2D eigenvalue weighted by molar-refractivity contribution is -0.142. The third kappa shape index (κ3) is 7.11.